The highest BCUT2D eigenvalue weighted by Gasteiger charge is 2.15. The van der Waals surface area contributed by atoms with Gasteiger partial charge in [0.2, 0.25) is 0 Å². The molecule has 0 fully saturated rings. The molecule has 1 aromatic carbocycles. The van der Waals surface area contributed by atoms with Crippen molar-refractivity contribution in [2.75, 3.05) is 0 Å². The lowest BCUT2D eigenvalue weighted by Crippen LogP contribution is -2.28. The Kier molecular flexibility index (Phi) is 3.94. The van der Waals surface area contributed by atoms with Crippen LogP contribution in [0.25, 0.3) is 11.0 Å². The number of nitrogens with two attached hydrogens (primary N) is 1. The van der Waals surface area contributed by atoms with E-state index in [4.69, 9.17) is 10.3 Å². The van der Waals surface area contributed by atoms with Crippen molar-refractivity contribution >= 4 is 11.0 Å². The lowest BCUT2D eigenvalue weighted by Gasteiger charge is -2.12. The predicted molar refractivity (Wildman–Crippen MR) is 78.8 cm³/mol. The van der Waals surface area contributed by atoms with Crippen LogP contribution in [0.3, 0.4) is 0 Å². The second kappa shape index (κ2) is 6.03. The Bertz CT molecular complexity index is 727. The summed E-state index contributed by atoms with van der Waals surface area (Å²) < 4.78 is 19.0. The van der Waals surface area contributed by atoms with Crippen LogP contribution >= 0.6 is 0 Å². The van der Waals surface area contributed by atoms with Crippen molar-refractivity contribution in [2.24, 2.45) is 5.84 Å². The minimum Gasteiger partial charge on any atom is -0.459 e. The molecule has 0 radical (unpaired) electrons. The third kappa shape index (κ3) is 3.09. The number of nitrogens with one attached hydrogen (secondary N) is 1. The number of aryl methyl sites for hydroxylation is 1. The topological polar surface area (TPSA) is 64.1 Å². The number of hydrogen-bond acceptors (Lipinski definition) is 4. The van der Waals surface area contributed by atoms with E-state index in [0.717, 1.165) is 18.2 Å². The lowest BCUT2D eigenvalue weighted by molar-refractivity contribution is 0.417. The number of rotatable bonds is 5. The van der Waals surface area contributed by atoms with E-state index in [0.29, 0.717) is 11.3 Å². The van der Waals surface area contributed by atoms with Gasteiger partial charge in [-0.05, 0) is 54.8 Å². The number of hydrazine groups is 1. The van der Waals surface area contributed by atoms with Gasteiger partial charge in [0.1, 0.15) is 17.2 Å². The third-order valence-electron chi connectivity index (χ3n) is 3.51. The Balaban J connectivity index is 1.78. The fraction of sp³-hybridized carbons (Fsp3) is 0.188. The first-order valence-electron chi connectivity index (χ1n) is 6.80. The summed E-state index contributed by atoms with van der Waals surface area (Å²) in [6.45, 7) is 0. The summed E-state index contributed by atoms with van der Waals surface area (Å²) in [7, 11) is 0. The SMILES string of the molecule is NNC(CCc1ccncc1)c1cc2cc(F)ccc2o1. The van der Waals surface area contributed by atoms with Gasteiger partial charge in [0.15, 0.2) is 0 Å². The van der Waals surface area contributed by atoms with Crippen molar-refractivity contribution < 1.29 is 8.81 Å². The van der Waals surface area contributed by atoms with Crippen molar-refractivity contribution in [1.82, 2.24) is 10.4 Å². The van der Waals surface area contributed by atoms with Gasteiger partial charge in [0.05, 0.1) is 6.04 Å². The van der Waals surface area contributed by atoms with Crippen LogP contribution in [0.2, 0.25) is 0 Å². The number of nitrogens with zero attached hydrogens (tertiary/aromatic N) is 1. The molecular formula is C16H16FN3O. The van der Waals surface area contributed by atoms with Crippen molar-refractivity contribution in [2.45, 2.75) is 18.9 Å². The fourth-order valence-electron chi connectivity index (χ4n) is 2.37. The van der Waals surface area contributed by atoms with Crippen LogP contribution in [0.5, 0.6) is 0 Å². The number of pyridine rings is 1. The van der Waals surface area contributed by atoms with E-state index in [9.17, 15) is 4.39 Å². The van der Waals surface area contributed by atoms with Gasteiger partial charge in [0, 0.05) is 17.8 Å². The Labute approximate surface area is 121 Å². The van der Waals surface area contributed by atoms with E-state index in [1.807, 2.05) is 18.2 Å². The molecule has 3 aromatic rings. The number of benzene rings is 1. The molecule has 21 heavy (non-hydrogen) atoms. The van der Waals surface area contributed by atoms with Crippen LogP contribution in [0, 0.1) is 5.82 Å². The van der Waals surface area contributed by atoms with Gasteiger partial charge >= 0.3 is 0 Å². The largest absolute Gasteiger partial charge is 0.459 e. The lowest BCUT2D eigenvalue weighted by atomic mass is 10.0. The second-order valence-corrected chi connectivity index (χ2v) is 4.94. The first-order chi connectivity index (χ1) is 10.3. The van der Waals surface area contributed by atoms with Crippen molar-refractivity contribution in [3.05, 3.63) is 65.9 Å². The maximum absolute atomic E-state index is 13.2. The molecule has 0 aliphatic rings. The number of halogens is 1. The van der Waals surface area contributed by atoms with Crippen LogP contribution in [0.1, 0.15) is 23.8 Å². The molecule has 3 N–H and O–H groups in total. The maximum Gasteiger partial charge on any atom is 0.134 e. The zero-order valence-electron chi connectivity index (χ0n) is 11.4. The summed E-state index contributed by atoms with van der Waals surface area (Å²) >= 11 is 0. The molecule has 0 amide bonds. The molecule has 4 nitrogen and oxygen atoms in total. The number of furan rings is 1. The van der Waals surface area contributed by atoms with Crippen LogP contribution < -0.4 is 11.3 Å². The molecule has 3 rings (SSSR count). The Hall–Kier alpha value is -2.24. The van der Waals surface area contributed by atoms with Crippen LogP contribution in [0.4, 0.5) is 4.39 Å². The summed E-state index contributed by atoms with van der Waals surface area (Å²) in [6.07, 6.45) is 5.17. The highest BCUT2D eigenvalue weighted by Crippen LogP contribution is 2.26. The minimum atomic E-state index is -0.274. The summed E-state index contributed by atoms with van der Waals surface area (Å²) in [6, 6.07) is 10.1. The molecule has 2 aromatic heterocycles. The van der Waals surface area contributed by atoms with Gasteiger partial charge in [-0.2, -0.15) is 0 Å². The molecule has 0 aliphatic carbocycles. The van der Waals surface area contributed by atoms with E-state index in [2.05, 4.69) is 10.4 Å². The predicted octanol–water partition coefficient (Wildman–Crippen LogP) is 3.10. The zero-order chi connectivity index (χ0) is 14.7. The van der Waals surface area contributed by atoms with Gasteiger partial charge in [-0.25, -0.2) is 9.82 Å². The number of fused-ring (bicyclic) bond motifs is 1. The normalized spacial score (nSPS) is 12.7. The Morgan fingerprint density at radius 1 is 1.19 bits per heavy atom. The molecular weight excluding hydrogens is 269 g/mol. The van der Waals surface area contributed by atoms with Crippen molar-refractivity contribution in [3.8, 4) is 0 Å². The van der Waals surface area contributed by atoms with E-state index < -0.39 is 0 Å². The van der Waals surface area contributed by atoms with E-state index in [-0.39, 0.29) is 11.9 Å². The van der Waals surface area contributed by atoms with Gasteiger partial charge in [0.25, 0.3) is 0 Å². The maximum atomic E-state index is 13.2. The third-order valence-corrected chi connectivity index (χ3v) is 3.51. The van der Waals surface area contributed by atoms with Gasteiger partial charge in [-0.3, -0.25) is 10.8 Å². The smallest absolute Gasteiger partial charge is 0.134 e. The molecule has 108 valence electrons. The van der Waals surface area contributed by atoms with Crippen LogP contribution in [0.15, 0.2) is 53.2 Å². The molecule has 1 unspecified atom stereocenters. The fourth-order valence-corrected chi connectivity index (χ4v) is 2.37. The molecule has 2 heterocycles. The highest BCUT2D eigenvalue weighted by atomic mass is 19.1. The van der Waals surface area contributed by atoms with Crippen LogP contribution in [-0.2, 0) is 6.42 Å². The molecule has 0 bridgehead atoms. The van der Waals surface area contributed by atoms with E-state index in [1.54, 1.807) is 18.5 Å². The van der Waals surface area contributed by atoms with Gasteiger partial charge in [-0.15, -0.1) is 0 Å². The average Bonchev–Trinajstić information content (AvgIpc) is 2.92. The molecule has 0 aliphatic heterocycles. The number of hydrogen-bond donors (Lipinski definition) is 2. The second-order valence-electron chi connectivity index (χ2n) is 4.94. The summed E-state index contributed by atoms with van der Waals surface area (Å²) in [5, 5.41) is 0.745. The zero-order valence-corrected chi connectivity index (χ0v) is 11.4. The minimum absolute atomic E-state index is 0.117. The van der Waals surface area contributed by atoms with Crippen molar-refractivity contribution in [3.63, 3.8) is 0 Å². The average molecular weight is 285 g/mol. The molecule has 1 atom stereocenters. The number of aromatic nitrogens is 1. The van der Waals surface area contributed by atoms with Crippen molar-refractivity contribution in [1.29, 1.82) is 0 Å². The molecule has 0 saturated heterocycles. The van der Waals surface area contributed by atoms with E-state index >= 15 is 0 Å². The standard InChI is InChI=1S/C16H16FN3O/c17-13-2-4-15-12(9-13)10-16(21-15)14(20-18)3-1-11-5-7-19-8-6-11/h2,4-10,14,20H,1,3,18H2. The summed E-state index contributed by atoms with van der Waals surface area (Å²) in [5.74, 6) is 6.07. The monoisotopic (exact) mass is 285 g/mol. The molecule has 5 heteroatoms. The first-order valence-corrected chi connectivity index (χ1v) is 6.80. The first kappa shape index (κ1) is 13.7. The summed E-state index contributed by atoms with van der Waals surface area (Å²) in [4.78, 5) is 3.99. The Morgan fingerprint density at radius 3 is 2.76 bits per heavy atom. The van der Waals surface area contributed by atoms with Gasteiger partial charge < -0.3 is 4.42 Å². The van der Waals surface area contributed by atoms with Gasteiger partial charge in [-0.1, -0.05) is 0 Å². The summed E-state index contributed by atoms with van der Waals surface area (Å²) in [5.41, 5.74) is 4.61. The Morgan fingerprint density at radius 2 is 2.00 bits per heavy atom. The quantitative estimate of drug-likeness (QED) is 0.558. The highest BCUT2D eigenvalue weighted by molar-refractivity contribution is 5.78. The van der Waals surface area contributed by atoms with E-state index in [1.165, 1.54) is 17.7 Å². The molecule has 0 spiro atoms. The molecule has 0 saturated carbocycles. The van der Waals surface area contributed by atoms with Crippen LogP contribution in [-0.4, -0.2) is 4.98 Å².